The molecule has 0 spiro atoms. The maximum atomic E-state index is 13.2. The Morgan fingerprint density at radius 3 is 2.12 bits per heavy atom. The first-order valence-corrected chi connectivity index (χ1v) is 14.8. The van der Waals surface area contributed by atoms with Gasteiger partial charge in [0.05, 0.1) is 22.3 Å². The van der Waals surface area contributed by atoms with Crippen molar-refractivity contribution in [2.75, 3.05) is 35.8 Å². The molecule has 4 N–H and O–H groups in total. The van der Waals surface area contributed by atoms with E-state index in [4.69, 9.17) is 9.90 Å². The largest absolute Gasteiger partial charge is 0.490 e. The molecule has 0 radical (unpaired) electrons. The molecule has 0 atom stereocenters. The van der Waals surface area contributed by atoms with Gasteiger partial charge in [-0.15, -0.1) is 0 Å². The molecular weight excluding hydrogens is 563 g/mol. The topological polar surface area (TPSA) is 141 Å². The van der Waals surface area contributed by atoms with Crippen molar-refractivity contribution in [1.29, 1.82) is 0 Å². The fourth-order valence-electron chi connectivity index (χ4n) is 4.49. The minimum atomic E-state index is -5.08. The zero-order valence-corrected chi connectivity index (χ0v) is 24.0. The molecule has 4 rings (SSSR count). The van der Waals surface area contributed by atoms with E-state index in [0.717, 1.165) is 57.4 Å². The first kappa shape index (κ1) is 32.1. The SMILES string of the molecule is CC(C)(C)c1ccc(S(=O)(=O)Nc2cnc(N3CCNCC3)c(C(=O)NC3CCCC3)c2)cc1.O=C(O)C(F)(F)F. The van der Waals surface area contributed by atoms with Crippen molar-refractivity contribution in [2.24, 2.45) is 0 Å². The number of halogens is 3. The molecule has 1 aliphatic heterocycles. The zero-order chi connectivity index (χ0) is 30.4. The van der Waals surface area contributed by atoms with Gasteiger partial charge < -0.3 is 20.6 Å². The summed E-state index contributed by atoms with van der Waals surface area (Å²) >= 11 is 0. The van der Waals surface area contributed by atoms with Gasteiger partial charge in [0.15, 0.2) is 0 Å². The fourth-order valence-corrected chi connectivity index (χ4v) is 5.52. The van der Waals surface area contributed by atoms with E-state index >= 15 is 0 Å². The number of rotatable bonds is 6. The summed E-state index contributed by atoms with van der Waals surface area (Å²) in [5.41, 5.74) is 1.66. The number of hydrogen-bond acceptors (Lipinski definition) is 7. The number of nitrogens with zero attached hydrogens (tertiary/aromatic N) is 2. The molecule has 1 saturated heterocycles. The van der Waals surface area contributed by atoms with E-state index in [2.05, 4.69) is 46.0 Å². The third-order valence-electron chi connectivity index (χ3n) is 6.74. The highest BCUT2D eigenvalue weighted by molar-refractivity contribution is 7.92. The number of alkyl halides is 3. The molecule has 0 unspecified atom stereocenters. The van der Waals surface area contributed by atoms with Crippen LogP contribution in [-0.2, 0) is 20.2 Å². The first-order chi connectivity index (χ1) is 19.1. The van der Waals surface area contributed by atoms with Gasteiger partial charge in [-0.3, -0.25) is 9.52 Å². The number of carbonyl (C=O) groups excluding carboxylic acids is 1. The highest BCUT2D eigenvalue weighted by Crippen LogP contribution is 2.27. The normalized spacial score (nSPS) is 16.5. The maximum Gasteiger partial charge on any atom is 0.490 e. The number of hydrogen-bond donors (Lipinski definition) is 4. The monoisotopic (exact) mass is 599 g/mol. The van der Waals surface area contributed by atoms with Gasteiger partial charge in [0.25, 0.3) is 15.9 Å². The van der Waals surface area contributed by atoms with Crippen molar-refractivity contribution < 1.29 is 36.3 Å². The Labute approximate surface area is 237 Å². The van der Waals surface area contributed by atoms with E-state index in [9.17, 15) is 26.4 Å². The molecule has 2 fully saturated rings. The lowest BCUT2D eigenvalue weighted by Crippen LogP contribution is -2.45. The van der Waals surface area contributed by atoms with Crippen LogP contribution in [0.15, 0.2) is 41.4 Å². The molecule has 41 heavy (non-hydrogen) atoms. The van der Waals surface area contributed by atoms with E-state index in [-0.39, 0.29) is 27.9 Å². The van der Waals surface area contributed by atoms with Crippen molar-refractivity contribution >= 4 is 33.4 Å². The number of aliphatic carboxylic acids is 1. The van der Waals surface area contributed by atoms with Crippen LogP contribution in [0.3, 0.4) is 0 Å². The summed E-state index contributed by atoms with van der Waals surface area (Å²) in [4.78, 5) is 28.9. The van der Waals surface area contributed by atoms with Crippen LogP contribution in [0.25, 0.3) is 0 Å². The molecule has 2 aromatic rings. The fraction of sp³-hybridized carbons (Fsp3) is 0.519. The Morgan fingerprint density at radius 2 is 1.61 bits per heavy atom. The third-order valence-corrected chi connectivity index (χ3v) is 8.14. The lowest BCUT2D eigenvalue weighted by Gasteiger charge is -2.30. The molecule has 2 heterocycles. The van der Waals surface area contributed by atoms with Crippen molar-refractivity contribution in [3.63, 3.8) is 0 Å². The third kappa shape index (κ3) is 9.05. The lowest BCUT2D eigenvalue weighted by atomic mass is 9.87. The number of benzene rings is 1. The number of carboxylic acid groups (broad SMARTS) is 1. The highest BCUT2D eigenvalue weighted by atomic mass is 32.2. The molecule has 2 aliphatic rings. The van der Waals surface area contributed by atoms with Gasteiger partial charge in [0.2, 0.25) is 0 Å². The smallest absolute Gasteiger partial charge is 0.475 e. The number of carbonyl (C=O) groups is 2. The van der Waals surface area contributed by atoms with E-state index in [1.165, 1.54) is 6.20 Å². The Hall–Kier alpha value is -3.39. The molecule has 10 nitrogen and oxygen atoms in total. The van der Waals surface area contributed by atoms with Crippen molar-refractivity contribution in [3.05, 3.63) is 47.7 Å². The average molecular weight is 600 g/mol. The number of pyridine rings is 1. The predicted octanol–water partition coefficient (Wildman–Crippen LogP) is 3.90. The van der Waals surface area contributed by atoms with E-state index < -0.39 is 22.2 Å². The summed E-state index contributed by atoms with van der Waals surface area (Å²) in [6, 6.07) is 8.65. The Kier molecular flexibility index (Phi) is 10.2. The minimum Gasteiger partial charge on any atom is -0.475 e. The van der Waals surface area contributed by atoms with Gasteiger partial charge in [0, 0.05) is 32.2 Å². The Morgan fingerprint density at radius 1 is 1.05 bits per heavy atom. The molecule has 14 heteroatoms. The number of nitrogens with one attached hydrogen (secondary N) is 3. The second kappa shape index (κ2) is 13.1. The predicted molar refractivity (Wildman–Crippen MR) is 149 cm³/mol. The van der Waals surface area contributed by atoms with Crippen LogP contribution in [0, 0.1) is 0 Å². The molecule has 226 valence electrons. The number of amides is 1. The lowest BCUT2D eigenvalue weighted by molar-refractivity contribution is -0.192. The van der Waals surface area contributed by atoms with Crippen molar-refractivity contribution in [3.8, 4) is 0 Å². The maximum absolute atomic E-state index is 13.2. The first-order valence-electron chi connectivity index (χ1n) is 13.3. The zero-order valence-electron chi connectivity index (χ0n) is 23.2. The van der Waals surface area contributed by atoms with E-state index in [1.807, 2.05) is 12.1 Å². The molecule has 1 saturated carbocycles. The van der Waals surface area contributed by atoms with E-state index in [1.54, 1.807) is 18.2 Å². The minimum absolute atomic E-state index is 0.0684. The van der Waals surface area contributed by atoms with E-state index in [0.29, 0.717) is 11.4 Å². The van der Waals surface area contributed by atoms with Crippen LogP contribution in [0.4, 0.5) is 24.7 Å². The Bertz CT molecular complexity index is 1320. The molecule has 1 aromatic heterocycles. The summed E-state index contributed by atoms with van der Waals surface area (Å²) in [6.45, 7) is 9.34. The van der Waals surface area contributed by atoms with Crippen LogP contribution < -0.4 is 20.3 Å². The van der Waals surface area contributed by atoms with Gasteiger partial charge in [-0.25, -0.2) is 18.2 Å². The number of piperazine rings is 1. The molecule has 1 amide bonds. The Balaban J connectivity index is 0.000000587. The van der Waals surface area contributed by atoms with Crippen LogP contribution in [0.5, 0.6) is 0 Å². The summed E-state index contributed by atoms with van der Waals surface area (Å²) in [5, 5.41) is 13.5. The summed E-state index contributed by atoms with van der Waals surface area (Å²) in [7, 11) is -3.82. The van der Waals surface area contributed by atoms with Crippen LogP contribution in [-0.4, -0.2) is 68.8 Å². The van der Waals surface area contributed by atoms with Crippen molar-refractivity contribution in [2.45, 2.75) is 69.0 Å². The van der Waals surface area contributed by atoms with Gasteiger partial charge in [-0.2, -0.15) is 13.2 Å². The van der Waals surface area contributed by atoms with Gasteiger partial charge in [-0.1, -0.05) is 45.7 Å². The second-order valence-corrected chi connectivity index (χ2v) is 12.7. The average Bonchev–Trinajstić information content (AvgIpc) is 3.41. The van der Waals surface area contributed by atoms with Crippen LogP contribution >= 0.6 is 0 Å². The standard InChI is InChI=1S/C25H35N5O3S.C2HF3O2/c1-25(2,3)18-8-10-21(11-9-18)34(32,33)29-20-16-22(24(31)28-19-6-4-5-7-19)23(27-17-20)30-14-12-26-13-15-30;3-2(4,5)1(6)7/h8-11,16-17,19,26,29H,4-7,12-15H2,1-3H3,(H,28,31);(H,6,7). The van der Waals surface area contributed by atoms with Gasteiger partial charge >= 0.3 is 12.1 Å². The summed E-state index contributed by atoms with van der Waals surface area (Å²) in [6.07, 6.45) is 0.576. The molecule has 1 aromatic carbocycles. The second-order valence-electron chi connectivity index (χ2n) is 11.0. The quantitative estimate of drug-likeness (QED) is 0.392. The number of anilines is 2. The van der Waals surface area contributed by atoms with Gasteiger partial charge in [-0.05, 0) is 42.0 Å². The highest BCUT2D eigenvalue weighted by Gasteiger charge is 2.38. The van der Waals surface area contributed by atoms with Crippen LogP contribution in [0.1, 0.15) is 62.4 Å². The number of sulfonamides is 1. The summed E-state index contributed by atoms with van der Waals surface area (Å²) in [5.74, 6) is -2.37. The van der Waals surface area contributed by atoms with Gasteiger partial charge in [0.1, 0.15) is 5.82 Å². The molecule has 1 aliphatic carbocycles. The molecular formula is C27H36F3N5O5S. The number of carboxylic acids is 1. The summed E-state index contributed by atoms with van der Waals surface area (Å²) < 4.78 is 60.4. The van der Waals surface area contributed by atoms with Crippen LogP contribution in [0.2, 0.25) is 0 Å². The molecule has 0 bridgehead atoms. The van der Waals surface area contributed by atoms with Crippen molar-refractivity contribution in [1.82, 2.24) is 15.6 Å². The number of aromatic nitrogens is 1.